The van der Waals surface area contributed by atoms with Gasteiger partial charge >= 0.3 is 0 Å². The van der Waals surface area contributed by atoms with Crippen LogP contribution < -0.4 is 5.43 Å². The molecule has 0 bridgehead atoms. The Morgan fingerprint density at radius 3 is 2.50 bits per heavy atom. The summed E-state index contributed by atoms with van der Waals surface area (Å²) in [6.07, 6.45) is 1.58. The van der Waals surface area contributed by atoms with Crippen molar-refractivity contribution in [2.45, 2.75) is 13.8 Å². The minimum Gasteiger partial charge on any atom is -0.317 e. The average Bonchev–Trinajstić information content (AvgIpc) is 2.96. The van der Waals surface area contributed by atoms with Crippen LogP contribution in [0, 0.1) is 24.0 Å². The summed E-state index contributed by atoms with van der Waals surface area (Å²) in [5.74, 6) is -0.439. The lowest BCUT2D eigenvalue weighted by atomic mass is 10.2. The number of benzene rings is 2. The molecule has 0 aliphatic rings. The summed E-state index contributed by atoms with van der Waals surface area (Å²) in [6, 6.07) is 15.2. The van der Waals surface area contributed by atoms with Crippen LogP contribution in [0.5, 0.6) is 0 Å². The summed E-state index contributed by atoms with van der Waals surface area (Å²) in [5.41, 5.74) is 6.58. The van der Waals surface area contributed by atoms with E-state index in [9.17, 15) is 14.9 Å². The van der Waals surface area contributed by atoms with Crippen LogP contribution in [0.2, 0.25) is 0 Å². The van der Waals surface area contributed by atoms with Crippen LogP contribution in [-0.4, -0.2) is 21.6 Å². The lowest BCUT2D eigenvalue weighted by Crippen LogP contribution is -2.17. The second kappa shape index (κ2) is 8.18. The molecule has 0 unspecified atom stereocenters. The van der Waals surface area contributed by atoms with E-state index < -0.39 is 10.8 Å². The zero-order valence-electron chi connectivity index (χ0n) is 15.2. The van der Waals surface area contributed by atoms with Crippen LogP contribution in [0.4, 0.5) is 5.69 Å². The Morgan fingerprint density at radius 1 is 1.18 bits per heavy atom. The number of nitrogens with zero attached hydrogens (tertiary/aromatic N) is 3. The molecule has 0 saturated heterocycles. The van der Waals surface area contributed by atoms with Crippen molar-refractivity contribution in [3.05, 3.63) is 91.7 Å². The Bertz CT molecular complexity index is 1070. The molecule has 142 valence electrons. The molecule has 1 heterocycles. The first-order valence-electron chi connectivity index (χ1n) is 8.40. The van der Waals surface area contributed by atoms with Gasteiger partial charge in [-0.2, -0.15) is 5.10 Å². The van der Waals surface area contributed by atoms with Gasteiger partial charge in [0.2, 0.25) is 0 Å². The molecule has 28 heavy (non-hydrogen) atoms. The molecule has 0 radical (unpaired) electrons. The van der Waals surface area contributed by atoms with Gasteiger partial charge in [-0.25, -0.2) is 5.43 Å². The van der Waals surface area contributed by atoms with Gasteiger partial charge < -0.3 is 4.57 Å². The molecule has 1 N–H and O–H groups in total. The van der Waals surface area contributed by atoms with Crippen molar-refractivity contribution in [1.82, 2.24) is 9.99 Å². The number of para-hydroxylation sites is 1. The number of carbonyl (C=O) groups is 1. The molecular weight excluding hydrogens is 424 g/mol. The molecule has 3 aromatic rings. The van der Waals surface area contributed by atoms with Crippen molar-refractivity contribution in [2.24, 2.45) is 5.10 Å². The third-order valence-electron chi connectivity index (χ3n) is 4.27. The number of aryl methyl sites for hydroxylation is 1. The smallest absolute Gasteiger partial charge is 0.271 e. The molecule has 0 aliphatic carbocycles. The van der Waals surface area contributed by atoms with Gasteiger partial charge in [-0.15, -0.1) is 0 Å². The van der Waals surface area contributed by atoms with Crippen LogP contribution in [0.1, 0.15) is 27.3 Å². The zero-order valence-corrected chi connectivity index (χ0v) is 16.8. The van der Waals surface area contributed by atoms with Crippen molar-refractivity contribution in [2.75, 3.05) is 0 Å². The Balaban J connectivity index is 1.76. The van der Waals surface area contributed by atoms with Gasteiger partial charge in [-0.1, -0.05) is 12.1 Å². The number of aromatic nitrogens is 1. The molecule has 1 amide bonds. The average molecular weight is 441 g/mol. The molecule has 0 fully saturated rings. The van der Waals surface area contributed by atoms with E-state index in [0.717, 1.165) is 27.1 Å². The standard InChI is InChI=1S/C20H17BrN4O3/c1-13-11-16(14(2)24(13)19-6-4-3-5-18(19)21)12-22-23-20(26)15-7-9-17(10-8-15)25(27)28/h3-12H,1-2H3,(H,23,26)/b22-12+. The molecule has 0 atom stereocenters. The Labute approximate surface area is 170 Å². The predicted octanol–water partition coefficient (Wildman–Crippen LogP) is 4.53. The van der Waals surface area contributed by atoms with E-state index in [0.29, 0.717) is 5.56 Å². The van der Waals surface area contributed by atoms with Crippen molar-refractivity contribution in [3.63, 3.8) is 0 Å². The number of nitro benzene ring substituents is 1. The molecule has 7 nitrogen and oxygen atoms in total. The largest absolute Gasteiger partial charge is 0.317 e. The van der Waals surface area contributed by atoms with Gasteiger partial charge in [0.15, 0.2) is 0 Å². The van der Waals surface area contributed by atoms with E-state index in [1.165, 1.54) is 24.3 Å². The summed E-state index contributed by atoms with van der Waals surface area (Å²) in [6.45, 7) is 3.98. The Hall–Kier alpha value is -3.26. The van der Waals surface area contributed by atoms with Crippen molar-refractivity contribution in [3.8, 4) is 5.69 Å². The first-order valence-corrected chi connectivity index (χ1v) is 9.19. The minimum atomic E-state index is -0.513. The Morgan fingerprint density at radius 2 is 1.86 bits per heavy atom. The highest BCUT2D eigenvalue weighted by molar-refractivity contribution is 9.10. The second-order valence-corrected chi connectivity index (χ2v) is 6.97. The second-order valence-electron chi connectivity index (χ2n) is 6.12. The minimum absolute atomic E-state index is 0.0698. The molecule has 0 aliphatic heterocycles. The number of carbonyl (C=O) groups excluding carboxylic acids is 1. The van der Waals surface area contributed by atoms with Crippen molar-refractivity contribution in [1.29, 1.82) is 0 Å². The number of nitro groups is 1. The van der Waals surface area contributed by atoms with Crippen LogP contribution in [0.25, 0.3) is 5.69 Å². The monoisotopic (exact) mass is 440 g/mol. The normalized spacial score (nSPS) is 11.0. The van der Waals surface area contributed by atoms with Crippen molar-refractivity contribution >= 4 is 33.7 Å². The van der Waals surface area contributed by atoms with Gasteiger partial charge in [0, 0.05) is 39.1 Å². The highest BCUT2D eigenvalue weighted by Gasteiger charge is 2.12. The fourth-order valence-corrected chi connectivity index (χ4v) is 3.34. The maximum absolute atomic E-state index is 12.1. The summed E-state index contributed by atoms with van der Waals surface area (Å²) in [7, 11) is 0. The van der Waals surface area contributed by atoms with E-state index >= 15 is 0 Å². The molecule has 8 heteroatoms. The van der Waals surface area contributed by atoms with Gasteiger partial charge in [0.1, 0.15) is 0 Å². The number of hydrazone groups is 1. The Kier molecular flexibility index (Phi) is 5.70. The number of hydrogen-bond donors (Lipinski definition) is 1. The van der Waals surface area contributed by atoms with Crippen molar-refractivity contribution < 1.29 is 9.72 Å². The summed E-state index contributed by atoms with van der Waals surface area (Å²) >= 11 is 3.57. The molecular formula is C20H17BrN4O3. The van der Waals surface area contributed by atoms with Gasteiger partial charge in [-0.05, 0) is 60.1 Å². The number of amides is 1. The van der Waals surface area contributed by atoms with Crippen LogP contribution in [0.3, 0.4) is 0 Å². The molecule has 3 rings (SSSR count). The lowest BCUT2D eigenvalue weighted by Gasteiger charge is -2.11. The molecule has 2 aromatic carbocycles. The van der Waals surface area contributed by atoms with Gasteiger partial charge in [-0.3, -0.25) is 14.9 Å². The summed E-state index contributed by atoms with van der Waals surface area (Å²) in [5, 5.41) is 14.7. The SMILES string of the molecule is Cc1cc(/C=N/NC(=O)c2ccc([N+](=O)[O-])cc2)c(C)n1-c1ccccc1Br. The first kappa shape index (κ1) is 19.5. The molecule has 0 saturated carbocycles. The highest BCUT2D eigenvalue weighted by Crippen LogP contribution is 2.26. The lowest BCUT2D eigenvalue weighted by molar-refractivity contribution is -0.384. The van der Waals surface area contributed by atoms with Crippen LogP contribution in [-0.2, 0) is 0 Å². The van der Waals surface area contributed by atoms with E-state index in [-0.39, 0.29) is 5.69 Å². The van der Waals surface area contributed by atoms with Gasteiger partial charge in [0.25, 0.3) is 11.6 Å². The third-order valence-corrected chi connectivity index (χ3v) is 4.94. The highest BCUT2D eigenvalue weighted by atomic mass is 79.9. The topological polar surface area (TPSA) is 89.5 Å². The quantitative estimate of drug-likeness (QED) is 0.359. The first-order chi connectivity index (χ1) is 13.4. The fourth-order valence-electron chi connectivity index (χ4n) is 2.88. The zero-order chi connectivity index (χ0) is 20.3. The number of non-ortho nitro benzene ring substituents is 1. The maximum Gasteiger partial charge on any atom is 0.271 e. The van der Waals surface area contributed by atoms with E-state index in [2.05, 4.69) is 31.0 Å². The fraction of sp³-hybridized carbons (Fsp3) is 0.100. The summed E-state index contributed by atoms with van der Waals surface area (Å²) < 4.78 is 3.08. The van der Waals surface area contributed by atoms with Gasteiger partial charge in [0.05, 0.1) is 16.8 Å². The van der Waals surface area contributed by atoms with Crippen LogP contribution in [0.15, 0.2) is 64.2 Å². The number of hydrogen-bond acceptors (Lipinski definition) is 4. The number of halogens is 1. The maximum atomic E-state index is 12.1. The van der Waals surface area contributed by atoms with Crippen LogP contribution >= 0.6 is 15.9 Å². The third kappa shape index (κ3) is 4.01. The number of rotatable bonds is 5. The molecule has 1 aromatic heterocycles. The van der Waals surface area contributed by atoms with E-state index in [1.807, 2.05) is 44.2 Å². The number of nitrogens with one attached hydrogen (secondary N) is 1. The predicted molar refractivity (Wildman–Crippen MR) is 111 cm³/mol. The van der Waals surface area contributed by atoms with E-state index in [1.54, 1.807) is 6.21 Å². The summed E-state index contributed by atoms with van der Waals surface area (Å²) in [4.78, 5) is 22.3. The molecule has 0 spiro atoms. The van der Waals surface area contributed by atoms with E-state index in [4.69, 9.17) is 0 Å².